The summed E-state index contributed by atoms with van der Waals surface area (Å²) in [4.78, 5) is 26.9. The molecule has 36 heavy (non-hydrogen) atoms. The van der Waals surface area contributed by atoms with Crippen LogP contribution in [-0.2, 0) is 16.1 Å². The summed E-state index contributed by atoms with van der Waals surface area (Å²) in [6, 6.07) is 23.4. The van der Waals surface area contributed by atoms with Crippen LogP contribution in [0.15, 0.2) is 84.9 Å². The van der Waals surface area contributed by atoms with Crippen LogP contribution in [0.1, 0.15) is 38.7 Å². The molecule has 6 nitrogen and oxygen atoms in total. The van der Waals surface area contributed by atoms with Gasteiger partial charge in [-0.15, -0.1) is 0 Å². The van der Waals surface area contributed by atoms with E-state index in [9.17, 15) is 9.59 Å². The summed E-state index contributed by atoms with van der Waals surface area (Å²) >= 11 is 0. The highest BCUT2D eigenvalue weighted by molar-refractivity contribution is 5.97. The SMILES string of the molecule is NC(=O)[C@@H](NC(=O)c1ccc(/C=C/C#Cc2ccc(CN3CCOCC3)cc2)cc1)c1ccccc1. The third-order valence-electron chi connectivity index (χ3n) is 5.91. The maximum atomic E-state index is 12.6. The van der Waals surface area contributed by atoms with Crippen LogP contribution in [0.25, 0.3) is 6.08 Å². The molecule has 3 N–H and O–H groups in total. The maximum Gasteiger partial charge on any atom is 0.252 e. The van der Waals surface area contributed by atoms with Gasteiger partial charge in [0.15, 0.2) is 0 Å². The summed E-state index contributed by atoms with van der Waals surface area (Å²) in [6.45, 7) is 4.48. The molecule has 1 aliphatic rings. The smallest absolute Gasteiger partial charge is 0.252 e. The fourth-order valence-corrected chi connectivity index (χ4v) is 3.90. The predicted molar refractivity (Wildman–Crippen MR) is 141 cm³/mol. The van der Waals surface area contributed by atoms with Crippen molar-refractivity contribution in [3.63, 3.8) is 0 Å². The summed E-state index contributed by atoms with van der Waals surface area (Å²) in [6.07, 6.45) is 3.67. The first-order chi connectivity index (χ1) is 17.6. The largest absolute Gasteiger partial charge is 0.379 e. The van der Waals surface area contributed by atoms with Crippen molar-refractivity contribution in [2.75, 3.05) is 26.3 Å². The number of nitrogens with one attached hydrogen (secondary N) is 1. The van der Waals surface area contributed by atoms with Gasteiger partial charge in [0.2, 0.25) is 5.91 Å². The van der Waals surface area contributed by atoms with E-state index < -0.39 is 11.9 Å². The topological polar surface area (TPSA) is 84.7 Å². The molecule has 0 saturated carbocycles. The molecule has 1 saturated heterocycles. The van der Waals surface area contributed by atoms with E-state index in [0.29, 0.717) is 11.1 Å². The second kappa shape index (κ2) is 12.5. The Bertz CT molecular complexity index is 1250. The van der Waals surface area contributed by atoms with Crippen LogP contribution in [0.5, 0.6) is 0 Å². The van der Waals surface area contributed by atoms with Gasteiger partial charge in [0.1, 0.15) is 6.04 Å². The van der Waals surface area contributed by atoms with Crippen LogP contribution in [0.4, 0.5) is 0 Å². The van der Waals surface area contributed by atoms with Crippen LogP contribution < -0.4 is 11.1 Å². The van der Waals surface area contributed by atoms with E-state index in [1.54, 1.807) is 42.5 Å². The Kier molecular flexibility index (Phi) is 8.66. The zero-order valence-corrected chi connectivity index (χ0v) is 20.0. The van der Waals surface area contributed by atoms with Crippen molar-refractivity contribution in [3.05, 3.63) is 113 Å². The van der Waals surface area contributed by atoms with Crippen LogP contribution in [0, 0.1) is 11.8 Å². The lowest BCUT2D eigenvalue weighted by molar-refractivity contribution is -0.120. The Morgan fingerprint density at radius 1 is 0.972 bits per heavy atom. The number of carbonyl (C=O) groups excluding carboxylic acids is 2. The van der Waals surface area contributed by atoms with Crippen molar-refractivity contribution < 1.29 is 14.3 Å². The minimum Gasteiger partial charge on any atom is -0.379 e. The van der Waals surface area contributed by atoms with Crippen LogP contribution >= 0.6 is 0 Å². The number of amides is 2. The van der Waals surface area contributed by atoms with Crippen molar-refractivity contribution in [1.82, 2.24) is 10.2 Å². The van der Waals surface area contributed by atoms with Gasteiger partial charge in [0.25, 0.3) is 5.91 Å². The molecule has 0 aliphatic carbocycles. The lowest BCUT2D eigenvalue weighted by atomic mass is 10.1. The Morgan fingerprint density at radius 3 is 2.33 bits per heavy atom. The number of rotatable bonds is 7. The van der Waals surface area contributed by atoms with E-state index >= 15 is 0 Å². The number of carbonyl (C=O) groups is 2. The van der Waals surface area contributed by atoms with E-state index in [-0.39, 0.29) is 5.91 Å². The molecule has 0 radical (unpaired) electrons. The molecule has 1 fully saturated rings. The fraction of sp³-hybridized carbons (Fsp3) is 0.200. The van der Waals surface area contributed by atoms with E-state index in [1.165, 1.54) is 5.56 Å². The van der Waals surface area contributed by atoms with Gasteiger partial charge in [-0.3, -0.25) is 14.5 Å². The first kappa shape index (κ1) is 24.9. The molecule has 1 atom stereocenters. The van der Waals surface area contributed by atoms with Crippen molar-refractivity contribution in [1.29, 1.82) is 0 Å². The Hall–Kier alpha value is -4.18. The fourth-order valence-electron chi connectivity index (χ4n) is 3.90. The van der Waals surface area contributed by atoms with Crippen LogP contribution in [0.2, 0.25) is 0 Å². The van der Waals surface area contributed by atoms with Crippen LogP contribution in [0.3, 0.4) is 0 Å². The molecule has 1 heterocycles. The summed E-state index contributed by atoms with van der Waals surface area (Å²) in [5, 5.41) is 2.70. The average Bonchev–Trinajstić information content (AvgIpc) is 2.92. The van der Waals surface area contributed by atoms with Crippen LogP contribution in [-0.4, -0.2) is 43.0 Å². The summed E-state index contributed by atoms with van der Waals surface area (Å²) in [5.41, 5.74) is 9.72. The lowest BCUT2D eigenvalue weighted by Gasteiger charge is -2.26. The van der Waals surface area contributed by atoms with Gasteiger partial charge in [-0.05, 0) is 53.1 Å². The van der Waals surface area contributed by atoms with Gasteiger partial charge < -0.3 is 15.8 Å². The first-order valence-electron chi connectivity index (χ1n) is 11.9. The van der Waals surface area contributed by atoms with Gasteiger partial charge >= 0.3 is 0 Å². The molecule has 1 aliphatic heterocycles. The van der Waals surface area contributed by atoms with E-state index in [1.807, 2.05) is 36.4 Å². The monoisotopic (exact) mass is 479 g/mol. The zero-order valence-electron chi connectivity index (χ0n) is 20.0. The number of nitrogens with two attached hydrogens (primary N) is 1. The molecular formula is C30H29N3O3. The molecular weight excluding hydrogens is 450 g/mol. The highest BCUT2D eigenvalue weighted by Gasteiger charge is 2.20. The molecule has 0 unspecified atom stereocenters. The van der Waals surface area contributed by atoms with Gasteiger partial charge in [-0.25, -0.2) is 0 Å². The number of ether oxygens (including phenoxy) is 1. The lowest BCUT2D eigenvalue weighted by Crippen LogP contribution is -2.37. The predicted octanol–water partition coefficient (Wildman–Crippen LogP) is 3.54. The van der Waals surface area contributed by atoms with Gasteiger partial charge in [-0.1, -0.05) is 66.4 Å². The standard InChI is InChI=1S/C30H29N3O3/c31-29(34)28(26-8-2-1-3-9-26)32-30(35)27-16-14-24(15-17-27)7-5-4-6-23-10-12-25(13-11-23)22-33-18-20-36-21-19-33/h1-3,5,7-17,28H,18-22H2,(H2,31,34)(H,32,35)/b7-5+/t28-/m0/s1. The molecule has 6 heteroatoms. The van der Waals surface area contributed by atoms with Crippen molar-refractivity contribution in [2.24, 2.45) is 5.73 Å². The van der Waals surface area contributed by atoms with Gasteiger partial charge in [0, 0.05) is 30.8 Å². The number of allylic oxidation sites excluding steroid dienone is 1. The Morgan fingerprint density at radius 2 is 1.67 bits per heavy atom. The van der Waals surface area contributed by atoms with E-state index in [0.717, 1.165) is 44.0 Å². The highest BCUT2D eigenvalue weighted by atomic mass is 16.5. The molecule has 0 aromatic heterocycles. The summed E-state index contributed by atoms with van der Waals surface area (Å²) < 4.78 is 5.40. The average molecular weight is 480 g/mol. The molecule has 2 amide bonds. The quantitative estimate of drug-likeness (QED) is 0.508. The first-order valence-corrected chi connectivity index (χ1v) is 11.9. The molecule has 3 aromatic rings. The number of nitrogens with zero attached hydrogens (tertiary/aromatic N) is 1. The maximum absolute atomic E-state index is 12.6. The third-order valence-corrected chi connectivity index (χ3v) is 5.91. The summed E-state index contributed by atoms with van der Waals surface area (Å²) in [7, 11) is 0. The highest BCUT2D eigenvalue weighted by Crippen LogP contribution is 2.14. The number of hydrogen-bond donors (Lipinski definition) is 2. The number of primary amides is 1. The van der Waals surface area contributed by atoms with E-state index in [2.05, 4.69) is 34.2 Å². The molecule has 0 spiro atoms. The van der Waals surface area contributed by atoms with Crippen molar-refractivity contribution >= 4 is 17.9 Å². The minimum absolute atomic E-state index is 0.366. The molecule has 4 rings (SSSR count). The van der Waals surface area contributed by atoms with Gasteiger partial charge in [-0.2, -0.15) is 0 Å². The third kappa shape index (κ3) is 7.16. The summed E-state index contributed by atoms with van der Waals surface area (Å²) in [5.74, 6) is 5.22. The van der Waals surface area contributed by atoms with Crippen molar-refractivity contribution in [2.45, 2.75) is 12.6 Å². The number of benzene rings is 3. The minimum atomic E-state index is -0.887. The Balaban J connectivity index is 1.31. The zero-order chi connectivity index (χ0) is 25.2. The van der Waals surface area contributed by atoms with E-state index in [4.69, 9.17) is 10.5 Å². The van der Waals surface area contributed by atoms with Crippen molar-refractivity contribution in [3.8, 4) is 11.8 Å². The Labute approximate surface area is 211 Å². The normalized spacial score (nSPS) is 14.6. The molecule has 3 aromatic carbocycles. The number of hydrogen-bond acceptors (Lipinski definition) is 4. The molecule has 0 bridgehead atoms. The van der Waals surface area contributed by atoms with Gasteiger partial charge in [0.05, 0.1) is 13.2 Å². The second-order valence-corrected chi connectivity index (χ2v) is 8.53. The number of morpholine rings is 1. The molecule has 182 valence electrons. The second-order valence-electron chi connectivity index (χ2n) is 8.53.